The van der Waals surface area contributed by atoms with Gasteiger partial charge >= 0.3 is 0 Å². The average molecular weight is 313 g/mol. The molecule has 0 saturated carbocycles. The number of nitrogens with zero attached hydrogens (tertiary/aromatic N) is 3. The minimum atomic E-state index is 0.306. The van der Waals surface area contributed by atoms with Crippen LogP contribution in [0.2, 0.25) is 0 Å². The van der Waals surface area contributed by atoms with Gasteiger partial charge in [0.05, 0.1) is 0 Å². The minimum Gasteiger partial charge on any atom is -0.425 e. The average Bonchev–Trinajstić information content (AvgIpc) is 3.02. The smallest absolute Gasteiger partial charge is 0.219 e. The molecule has 1 aromatic heterocycles. The third-order valence-electron chi connectivity index (χ3n) is 4.79. The molecule has 0 bridgehead atoms. The third kappa shape index (κ3) is 3.81. The zero-order valence-electron chi connectivity index (χ0n) is 14.7. The highest BCUT2D eigenvalue weighted by Gasteiger charge is 2.25. The van der Waals surface area contributed by atoms with E-state index in [1.165, 1.54) is 16.7 Å². The molecule has 1 aliphatic rings. The monoisotopic (exact) mass is 313 g/mol. The first-order chi connectivity index (χ1) is 11.0. The molecule has 23 heavy (non-hydrogen) atoms. The van der Waals surface area contributed by atoms with E-state index in [2.05, 4.69) is 61.0 Å². The second-order valence-electron chi connectivity index (χ2n) is 7.11. The third-order valence-corrected chi connectivity index (χ3v) is 4.79. The Bertz CT molecular complexity index is 654. The topological polar surface area (TPSA) is 42.2 Å². The fraction of sp³-hybridized carbons (Fsp3) is 0.579. The van der Waals surface area contributed by atoms with E-state index in [1.54, 1.807) is 0 Å². The molecule has 1 aromatic carbocycles. The second-order valence-corrected chi connectivity index (χ2v) is 7.11. The summed E-state index contributed by atoms with van der Waals surface area (Å²) in [7, 11) is 0. The molecule has 0 N–H and O–H groups in total. The number of aromatic nitrogens is 2. The fourth-order valence-corrected chi connectivity index (χ4v) is 3.19. The Morgan fingerprint density at radius 1 is 1.17 bits per heavy atom. The molecule has 0 atom stereocenters. The van der Waals surface area contributed by atoms with Crippen molar-refractivity contribution in [1.29, 1.82) is 0 Å². The Hall–Kier alpha value is -1.68. The summed E-state index contributed by atoms with van der Waals surface area (Å²) in [6, 6.07) is 6.73. The van der Waals surface area contributed by atoms with Crippen molar-refractivity contribution in [2.75, 3.05) is 13.1 Å². The van der Waals surface area contributed by atoms with Gasteiger partial charge in [0.2, 0.25) is 11.8 Å². The van der Waals surface area contributed by atoms with Gasteiger partial charge in [0.15, 0.2) is 0 Å². The molecule has 4 nitrogen and oxygen atoms in total. The van der Waals surface area contributed by atoms with Crippen LogP contribution in [0.5, 0.6) is 0 Å². The molecule has 2 aromatic rings. The van der Waals surface area contributed by atoms with Gasteiger partial charge in [-0.1, -0.05) is 37.6 Å². The predicted octanol–water partition coefficient (Wildman–Crippen LogP) is 4.19. The van der Waals surface area contributed by atoms with Crippen molar-refractivity contribution in [3.8, 4) is 0 Å². The summed E-state index contributed by atoms with van der Waals surface area (Å²) >= 11 is 0. The van der Waals surface area contributed by atoms with Crippen LogP contribution in [0.25, 0.3) is 0 Å². The molecule has 1 aliphatic heterocycles. The molecule has 0 aliphatic carbocycles. The number of hydrogen-bond acceptors (Lipinski definition) is 4. The van der Waals surface area contributed by atoms with Crippen LogP contribution in [0.4, 0.5) is 0 Å². The van der Waals surface area contributed by atoms with E-state index in [0.29, 0.717) is 11.8 Å². The second kappa shape index (κ2) is 6.83. The molecule has 0 amide bonds. The summed E-state index contributed by atoms with van der Waals surface area (Å²) < 4.78 is 5.83. The van der Waals surface area contributed by atoms with Gasteiger partial charge in [0, 0.05) is 18.4 Å². The lowest BCUT2D eigenvalue weighted by Crippen LogP contribution is -2.32. The molecule has 1 saturated heterocycles. The summed E-state index contributed by atoms with van der Waals surface area (Å²) in [6.07, 6.45) is 2.20. The first-order valence-electron chi connectivity index (χ1n) is 8.64. The van der Waals surface area contributed by atoms with Gasteiger partial charge in [-0.15, -0.1) is 10.2 Å². The summed E-state index contributed by atoms with van der Waals surface area (Å²) in [5, 5.41) is 8.43. The Morgan fingerprint density at radius 3 is 2.57 bits per heavy atom. The highest BCUT2D eigenvalue weighted by atomic mass is 16.4. The van der Waals surface area contributed by atoms with Gasteiger partial charge in [-0.05, 0) is 50.9 Å². The summed E-state index contributed by atoms with van der Waals surface area (Å²) in [5.41, 5.74) is 4.17. The van der Waals surface area contributed by atoms with E-state index in [9.17, 15) is 0 Å². The van der Waals surface area contributed by atoms with Crippen LogP contribution in [0, 0.1) is 13.8 Å². The van der Waals surface area contributed by atoms with Crippen LogP contribution in [-0.4, -0.2) is 28.2 Å². The Kier molecular flexibility index (Phi) is 4.81. The van der Waals surface area contributed by atoms with Gasteiger partial charge in [0.25, 0.3) is 0 Å². The van der Waals surface area contributed by atoms with Crippen LogP contribution in [0.15, 0.2) is 22.6 Å². The largest absolute Gasteiger partial charge is 0.425 e. The van der Waals surface area contributed by atoms with Crippen molar-refractivity contribution in [2.45, 2.75) is 58.9 Å². The maximum absolute atomic E-state index is 5.83. The summed E-state index contributed by atoms with van der Waals surface area (Å²) in [6.45, 7) is 11.8. The number of piperidine rings is 1. The molecule has 1 fully saturated rings. The minimum absolute atomic E-state index is 0.306. The number of aryl methyl sites for hydroxylation is 2. The molecule has 0 unspecified atom stereocenters. The molecule has 124 valence electrons. The standard InChI is InChI=1S/C19H27N3O/c1-13(2)18-20-21-19(23-18)16-7-9-22(10-8-16)12-17-11-14(3)5-6-15(17)4/h5-6,11,13,16H,7-10,12H2,1-4H3. The van der Waals surface area contributed by atoms with Gasteiger partial charge in [-0.2, -0.15) is 0 Å². The van der Waals surface area contributed by atoms with Crippen molar-refractivity contribution < 1.29 is 4.42 Å². The molecule has 4 heteroatoms. The molecular formula is C19H27N3O. The lowest BCUT2D eigenvalue weighted by atomic mass is 9.96. The zero-order valence-corrected chi connectivity index (χ0v) is 14.7. The van der Waals surface area contributed by atoms with Crippen LogP contribution in [-0.2, 0) is 6.54 Å². The molecule has 0 radical (unpaired) electrons. The number of likely N-dealkylation sites (tertiary alicyclic amines) is 1. The maximum Gasteiger partial charge on any atom is 0.219 e. The number of rotatable bonds is 4. The predicted molar refractivity (Wildman–Crippen MR) is 91.6 cm³/mol. The highest BCUT2D eigenvalue weighted by Crippen LogP contribution is 2.29. The fourth-order valence-electron chi connectivity index (χ4n) is 3.19. The Balaban J connectivity index is 1.58. The van der Waals surface area contributed by atoms with E-state index in [0.717, 1.165) is 44.3 Å². The zero-order chi connectivity index (χ0) is 16.4. The van der Waals surface area contributed by atoms with Crippen LogP contribution in [0.1, 0.15) is 67.0 Å². The van der Waals surface area contributed by atoms with Crippen molar-refractivity contribution in [3.63, 3.8) is 0 Å². The maximum atomic E-state index is 5.83. The molecule has 0 spiro atoms. The quantitative estimate of drug-likeness (QED) is 0.849. The van der Waals surface area contributed by atoms with Gasteiger partial charge in [-0.3, -0.25) is 4.90 Å². The van der Waals surface area contributed by atoms with E-state index < -0.39 is 0 Å². The Morgan fingerprint density at radius 2 is 1.91 bits per heavy atom. The summed E-state index contributed by atoms with van der Waals surface area (Å²) in [4.78, 5) is 2.54. The number of hydrogen-bond donors (Lipinski definition) is 0. The Labute approximate surface area is 138 Å². The van der Waals surface area contributed by atoms with Crippen LogP contribution < -0.4 is 0 Å². The van der Waals surface area contributed by atoms with E-state index in [1.807, 2.05) is 0 Å². The van der Waals surface area contributed by atoms with Crippen molar-refractivity contribution in [3.05, 3.63) is 46.7 Å². The van der Waals surface area contributed by atoms with E-state index in [4.69, 9.17) is 4.42 Å². The van der Waals surface area contributed by atoms with Crippen molar-refractivity contribution in [1.82, 2.24) is 15.1 Å². The summed E-state index contributed by atoms with van der Waals surface area (Å²) in [5.74, 6) is 2.32. The normalized spacial score (nSPS) is 17.1. The van der Waals surface area contributed by atoms with Crippen molar-refractivity contribution in [2.24, 2.45) is 0 Å². The SMILES string of the molecule is Cc1ccc(C)c(CN2CCC(c3nnc(C(C)C)o3)CC2)c1. The molecular weight excluding hydrogens is 286 g/mol. The lowest BCUT2D eigenvalue weighted by Gasteiger charge is -2.30. The number of benzene rings is 1. The van der Waals surface area contributed by atoms with Crippen LogP contribution >= 0.6 is 0 Å². The van der Waals surface area contributed by atoms with Crippen molar-refractivity contribution >= 4 is 0 Å². The van der Waals surface area contributed by atoms with E-state index >= 15 is 0 Å². The first-order valence-corrected chi connectivity index (χ1v) is 8.64. The highest BCUT2D eigenvalue weighted by molar-refractivity contribution is 5.30. The van der Waals surface area contributed by atoms with Gasteiger partial charge in [0.1, 0.15) is 0 Å². The first kappa shape index (κ1) is 16.2. The van der Waals surface area contributed by atoms with Gasteiger partial charge in [-0.25, -0.2) is 0 Å². The van der Waals surface area contributed by atoms with Gasteiger partial charge < -0.3 is 4.42 Å². The van der Waals surface area contributed by atoms with E-state index in [-0.39, 0.29) is 0 Å². The lowest BCUT2D eigenvalue weighted by molar-refractivity contribution is 0.191. The molecule has 3 rings (SSSR count). The molecule has 2 heterocycles. The van der Waals surface area contributed by atoms with Crippen LogP contribution in [0.3, 0.4) is 0 Å².